The highest BCUT2D eigenvalue weighted by atomic mass is 16.5. The van der Waals surface area contributed by atoms with Crippen molar-refractivity contribution in [1.82, 2.24) is 0 Å². The van der Waals surface area contributed by atoms with Gasteiger partial charge in [0, 0.05) is 0 Å². The van der Waals surface area contributed by atoms with Crippen LogP contribution in [0.3, 0.4) is 0 Å². The Morgan fingerprint density at radius 3 is 1.43 bits per heavy atom. The van der Waals surface area contributed by atoms with E-state index in [-0.39, 0.29) is 12.7 Å². The molecule has 0 aromatic heterocycles. The van der Waals surface area contributed by atoms with E-state index in [0.29, 0.717) is 18.1 Å². The minimum atomic E-state index is -0.445. The monoisotopic (exact) mass is 322 g/mol. The number of aliphatic hydroxyl groups is 2. The third-order valence-corrected chi connectivity index (χ3v) is 2.39. The lowest BCUT2D eigenvalue weighted by atomic mass is 10.3. The number of benzene rings is 2. The molecule has 0 aliphatic rings. The second kappa shape index (κ2) is 13.6. The fraction of sp³-hybridized carbons (Fsp3) is 0.333. The highest BCUT2D eigenvalue weighted by Gasteiger charge is 2.00. The van der Waals surface area contributed by atoms with Crippen LogP contribution in [0.15, 0.2) is 60.7 Å². The molecule has 2 aromatic rings. The number of hydrogen-bond donors (Lipinski definition) is 4. The van der Waals surface area contributed by atoms with E-state index in [1.807, 2.05) is 12.1 Å². The summed E-state index contributed by atoms with van der Waals surface area (Å²) in [5.41, 5.74) is 0. The number of hydrogen-bond acceptors (Lipinski definition) is 5. The first-order valence-corrected chi connectivity index (χ1v) is 7.34. The smallest absolute Gasteiger partial charge is 0.115 e. The molecule has 5 nitrogen and oxygen atoms in total. The molecule has 0 fully saturated rings. The van der Waals surface area contributed by atoms with Crippen LogP contribution in [0.1, 0.15) is 13.8 Å². The van der Waals surface area contributed by atoms with Gasteiger partial charge >= 0.3 is 0 Å². The minimum absolute atomic E-state index is 0.00667. The average molecular weight is 322 g/mol. The Labute approximate surface area is 137 Å². The van der Waals surface area contributed by atoms with Gasteiger partial charge in [-0.05, 0) is 38.1 Å². The fourth-order valence-corrected chi connectivity index (χ4v) is 1.21. The van der Waals surface area contributed by atoms with Crippen LogP contribution in [0.2, 0.25) is 0 Å². The third-order valence-electron chi connectivity index (χ3n) is 2.39. The summed E-state index contributed by atoms with van der Waals surface area (Å²) in [5.74, 6) is 0.644. The SMILES string of the molecule is CC(O)COC(C)CO.Oc1ccccc1.Oc1ccccc1. The van der Waals surface area contributed by atoms with Crippen molar-refractivity contribution < 1.29 is 25.2 Å². The quantitative estimate of drug-likeness (QED) is 0.694. The number of rotatable bonds is 4. The molecule has 2 aromatic carbocycles. The van der Waals surface area contributed by atoms with Gasteiger partial charge < -0.3 is 25.2 Å². The van der Waals surface area contributed by atoms with Crippen LogP contribution in [-0.2, 0) is 4.74 Å². The Bertz CT molecular complexity index is 436. The van der Waals surface area contributed by atoms with E-state index in [1.54, 1.807) is 62.4 Å². The van der Waals surface area contributed by atoms with Crippen molar-refractivity contribution in [3.8, 4) is 11.5 Å². The summed E-state index contributed by atoms with van der Waals surface area (Å²) in [4.78, 5) is 0. The lowest BCUT2D eigenvalue weighted by molar-refractivity contribution is -0.0177. The van der Waals surface area contributed by atoms with Gasteiger partial charge in [0.15, 0.2) is 0 Å². The molecule has 0 aliphatic heterocycles. The van der Waals surface area contributed by atoms with Crippen LogP contribution in [0, 0.1) is 0 Å². The van der Waals surface area contributed by atoms with Crippen LogP contribution in [-0.4, -0.2) is 45.8 Å². The van der Waals surface area contributed by atoms with Crippen molar-refractivity contribution in [2.45, 2.75) is 26.1 Å². The predicted octanol–water partition coefficient (Wildman–Crippen LogP) is 2.55. The van der Waals surface area contributed by atoms with Crippen LogP contribution >= 0.6 is 0 Å². The van der Waals surface area contributed by atoms with Crippen molar-refractivity contribution in [1.29, 1.82) is 0 Å². The van der Waals surface area contributed by atoms with E-state index in [4.69, 9.17) is 25.2 Å². The molecule has 128 valence electrons. The minimum Gasteiger partial charge on any atom is -0.508 e. The number of phenolic OH excluding ortho intramolecular Hbond substituents is 2. The molecule has 0 saturated carbocycles. The highest BCUT2D eigenvalue weighted by Crippen LogP contribution is 2.03. The van der Waals surface area contributed by atoms with E-state index in [9.17, 15) is 0 Å². The van der Waals surface area contributed by atoms with Gasteiger partial charge in [0.1, 0.15) is 11.5 Å². The number of aromatic hydroxyl groups is 2. The van der Waals surface area contributed by atoms with Crippen molar-refractivity contribution in [3.63, 3.8) is 0 Å². The van der Waals surface area contributed by atoms with E-state index in [2.05, 4.69) is 0 Å². The molecule has 4 N–H and O–H groups in total. The standard InChI is InChI=1S/C6H14O3.2C6H6O/c1-5(8)4-9-6(2)3-7;2*7-6-4-2-1-3-5-6/h5-8H,3-4H2,1-2H3;2*1-5,7H. The molecule has 0 amide bonds. The first-order chi connectivity index (χ1) is 11.0. The second-order valence-corrected chi connectivity index (χ2v) is 4.85. The van der Waals surface area contributed by atoms with Crippen LogP contribution < -0.4 is 0 Å². The first kappa shape index (κ1) is 20.9. The van der Waals surface area contributed by atoms with Crippen molar-refractivity contribution in [2.24, 2.45) is 0 Å². The number of phenols is 2. The highest BCUT2D eigenvalue weighted by molar-refractivity contribution is 5.19. The molecule has 0 bridgehead atoms. The molecule has 0 saturated heterocycles. The summed E-state index contributed by atoms with van der Waals surface area (Å²) in [7, 11) is 0. The molecule has 2 atom stereocenters. The Morgan fingerprint density at radius 2 is 1.22 bits per heavy atom. The Kier molecular flexibility index (Phi) is 12.3. The molecular weight excluding hydrogens is 296 g/mol. The van der Waals surface area contributed by atoms with Gasteiger partial charge in [-0.1, -0.05) is 36.4 Å². The first-order valence-electron chi connectivity index (χ1n) is 7.34. The number of aliphatic hydroxyl groups excluding tert-OH is 2. The zero-order chi connectivity index (χ0) is 17.5. The lowest BCUT2D eigenvalue weighted by Crippen LogP contribution is -2.19. The van der Waals surface area contributed by atoms with Gasteiger partial charge in [0.2, 0.25) is 0 Å². The number of para-hydroxylation sites is 2. The van der Waals surface area contributed by atoms with Gasteiger partial charge in [-0.25, -0.2) is 0 Å². The molecule has 0 aliphatic carbocycles. The largest absolute Gasteiger partial charge is 0.508 e. The lowest BCUT2D eigenvalue weighted by Gasteiger charge is -2.10. The van der Waals surface area contributed by atoms with Gasteiger partial charge in [0.05, 0.1) is 25.4 Å². The molecule has 0 heterocycles. The number of ether oxygens (including phenoxy) is 1. The topological polar surface area (TPSA) is 90.2 Å². The van der Waals surface area contributed by atoms with Crippen LogP contribution in [0.5, 0.6) is 11.5 Å². The summed E-state index contributed by atoms with van der Waals surface area (Å²) in [5, 5.41) is 34.4. The van der Waals surface area contributed by atoms with Gasteiger partial charge in [-0.3, -0.25) is 0 Å². The molecule has 5 heteroatoms. The van der Waals surface area contributed by atoms with Gasteiger partial charge in [-0.2, -0.15) is 0 Å². The molecule has 2 unspecified atom stereocenters. The normalized spacial score (nSPS) is 12.0. The Morgan fingerprint density at radius 1 is 0.826 bits per heavy atom. The summed E-state index contributed by atoms with van der Waals surface area (Å²) in [6.45, 7) is 3.70. The van der Waals surface area contributed by atoms with E-state index >= 15 is 0 Å². The summed E-state index contributed by atoms with van der Waals surface area (Å²) in [6.07, 6.45) is -0.612. The van der Waals surface area contributed by atoms with Crippen LogP contribution in [0.25, 0.3) is 0 Å². The van der Waals surface area contributed by atoms with Gasteiger partial charge in [0.25, 0.3) is 0 Å². The molecular formula is C18H26O5. The van der Waals surface area contributed by atoms with Crippen molar-refractivity contribution in [2.75, 3.05) is 13.2 Å². The Balaban J connectivity index is 0.000000318. The summed E-state index contributed by atoms with van der Waals surface area (Å²) >= 11 is 0. The Hall–Kier alpha value is -2.08. The summed E-state index contributed by atoms with van der Waals surface area (Å²) < 4.78 is 4.95. The van der Waals surface area contributed by atoms with E-state index in [1.165, 1.54) is 0 Å². The van der Waals surface area contributed by atoms with E-state index < -0.39 is 6.10 Å². The predicted molar refractivity (Wildman–Crippen MR) is 90.4 cm³/mol. The molecule has 0 radical (unpaired) electrons. The zero-order valence-corrected chi connectivity index (χ0v) is 13.5. The maximum atomic E-state index is 8.69. The maximum Gasteiger partial charge on any atom is 0.115 e. The van der Waals surface area contributed by atoms with Crippen molar-refractivity contribution in [3.05, 3.63) is 60.7 Å². The molecule has 0 spiro atoms. The zero-order valence-electron chi connectivity index (χ0n) is 13.5. The summed E-state index contributed by atoms with van der Waals surface area (Å²) in [6, 6.07) is 17.4. The fourth-order valence-electron chi connectivity index (χ4n) is 1.21. The van der Waals surface area contributed by atoms with Crippen LogP contribution in [0.4, 0.5) is 0 Å². The van der Waals surface area contributed by atoms with Crippen molar-refractivity contribution >= 4 is 0 Å². The average Bonchev–Trinajstić information content (AvgIpc) is 2.55. The maximum absolute atomic E-state index is 8.69. The second-order valence-electron chi connectivity index (χ2n) is 4.85. The molecule has 2 rings (SSSR count). The molecule has 23 heavy (non-hydrogen) atoms. The van der Waals surface area contributed by atoms with Gasteiger partial charge in [-0.15, -0.1) is 0 Å². The van der Waals surface area contributed by atoms with E-state index in [0.717, 1.165) is 0 Å². The third kappa shape index (κ3) is 14.6.